The van der Waals surface area contributed by atoms with Crippen molar-refractivity contribution in [1.82, 2.24) is 30.0 Å². The molecule has 5 aromatic rings. The highest BCUT2D eigenvalue weighted by Crippen LogP contribution is 2.30. The van der Waals surface area contributed by atoms with E-state index in [-0.39, 0.29) is 0 Å². The highest BCUT2D eigenvalue weighted by atomic mass is 35.5. The van der Waals surface area contributed by atoms with Gasteiger partial charge in [-0.25, -0.2) is 0 Å². The predicted molar refractivity (Wildman–Crippen MR) is 113 cm³/mol. The first-order chi connectivity index (χ1) is 14.2. The number of hydrogen-bond donors (Lipinski definition) is 1. The molecule has 5 rings (SSSR count). The van der Waals surface area contributed by atoms with Crippen LogP contribution in [-0.2, 0) is 0 Å². The maximum absolute atomic E-state index is 5.97. The minimum Gasteiger partial charge on any atom is -0.494 e. The van der Waals surface area contributed by atoms with Gasteiger partial charge < -0.3 is 4.74 Å². The molecule has 3 heterocycles. The van der Waals surface area contributed by atoms with Crippen LogP contribution in [0, 0.1) is 0 Å². The van der Waals surface area contributed by atoms with Crippen LogP contribution in [0.4, 0.5) is 0 Å². The van der Waals surface area contributed by atoms with Gasteiger partial charge >= 0.3 is 0 Å². The van der Waals surface area contributed by atoms with Gasteiger partial charge in [0.05, 0.1) is 12.3 Å². The summed E-state index contributed by atoms with van der Waals surface area (Å²) in [5.74, 6) is 1.42. The summed E-state index contributed by atoms with van der Waals surface area (Å²) in [7, 11) is 0. The van der Waals surface area contributed by atoms with Gasteiger partial charge in [0.2, 0.25) is 10.8 Å². The predicted octanol–water partition coefficient (Wildman–Crippen LogP) is 4.96. The molecule has 0 radical (unpaired) electrons. The summed E-state index contributed by atoms with van der Waals surface area (Å²) < 4.78 is 7.32. The molecule has 0 saturated heterocycles. The van der Waals surface area contributed by atoms with Crippen molar-refractivity contribution >= 4 is 27.9 Å². The van der Waals surface area contributed by atoms with Crippen LogP contribution in [0.3, 0.4) is 0 Å². The van der Waals surface area contributed by atoms with Gasteiger partial charge in [0.25, 0.3) is 0 Å². The average Bonchev–Trinajstić information content (AvgIpc) is 3.45. The van der Waals surface area contributed by atoms with Crippen molar-refractivity contribution in [3.05, 3.63) is 59.6 Å². The molecule has 29 heavy (non-hydrogen) atoms. The number of ether oxygens (including phenoxy) is 1. The van der Waals surface area contributed by atoms with Crippen LogP contribution < -0.4 is 4.74 Å². The minimum absolute atomic E-state index is 0.608. The van der Waals surface area contributed by atoms with Gasteiger partial charge in [-0.3, -0.25) is 5.10 Å². The number of aromatic nitrogens is 6. The van der Waals surface area contributed by atoms with Crippen LogP contribution in [0.2, 0.25) is 5.02 Å². The minimum atomic E-state index is 0.608. The molecule has 7 nitrogen and oxygen atoms in total. The molecule has 1 N–H and O–H groups in total. The van der Waals surface area contributed by atoms with E-state index in [0.717, 1.165) is 33.3 Å². The van der Waals surface area contributed by atoms with Crippen molar-refractivity contribution in [1.29, 1.82) is 0 Å². The van der Waals surface area contributed by atoms with E-state index in [1.165, 1.54) is 11.3 Å². The lowest BCUT2D eigenvalue weighted by Crippen LogP contribution is -1.92. The van der Waals surface area contributed by atoms with Gasteiger partial charge in [-0.15, -0.1) is 10.2 Å². The Labute approximate surface area is 175 Å². The summed E-state index contributed by atoms with van der Waals surface area (Å²) in [6.07, 6.45) is 0. The van der Waals surface area contributed by atoms with Crippen LogP contribution in [-0.4, -0.2) is 36.6 Å². The highest BCUT2D eigenvalue weighted by molar-refractivity contribution is 7.19. The number of fused-ring (bicyclic) bond motifs is 1. The molecule has 0 unspecified atom stereocenters. The van der Waals surface area contributed by atoms with E-state index < -0.39 is 0 Å². The molecule has 0 saturated carbocycles. The Hall–Kier alpha value is -3.23. The van der Waals surface area contributed by atoms with Gasteiger partial charge in [0.1, 0.15) is 16.5 Å². The third-order valence-electron chi connectivity index (χ3n) is 4.34. The van der Waals surface area contributed by atoms with Crippen LogP contribution in [0.5, 0.6) is 5.75 Å². The number of hydrogen-bond acceptors (Lipinski definition) is 6. The Kier molecular flexibility index (Phi) is 4.49. The lowest BCUT2D eigenvalue weighted by atomic mass is 10.1. The van der Waals surface area contributed by atoms with E-state index in [4.69, 9.17) is 21.4 Å². The summed E-state index contributed by atoms with van der Waals surface area (Å²) in [5.41, 5.74) is 3.48. The monoisotopic (exact) mass is 422 g/mol. The van der Waals surface area contributed by atoms with Crippen LogP contribution in [0.25, 0.3) is 38.3 Å². The molecule has 0 aliphatic carbocycles. The number of rotatable bonds is 5. The SMILES string of the molecule is CCOc1cccc(-c2nn3c(-c4cc(-c5ccc(Cl)cc5)n[nH]4)nnc3s2)c1. The molecule has 2 aromatic carbocycles. The van der Waals surface area contributed by atoms with Crippen LogP contribution in [0.1, 0.15) is 6.92 Å². The standard InChI is InChI=1S/C20H15ClN6OS/c1-2-28-15-5-3-4-13(10-15)19-26-27-18(24-25-20(27)29-19)17-11-16(22-23-17)12-6-8-14(21)9-7-12/h3-11H,2H2,1H3,(H,22,23). The zero-order valence-electron chi connectivity index (χ0n) is 15.3. The maximum Gasteiger partial charge on any atom is 0.235 e. The van der Waals surface area contributed by atoms with E-state index >= 15 is 0 Å². The second-order valence-corrected chi connectivity index (χ2v) is 7.65. The summed E-state index contributed by atoms with van der Waals surface area (Å²) >= 11 is 7.44. The summed E-state index contributed by atoms with van der Waals surface area (Å²) in [5, 5.41) is 22.2. The van der Waals surface area contributed by atoms with E-state index in [1.807, 2.05) is 61.5 Å². The van der Waals surface area contributed by atoms with Crippen molar-refractivity contribution in [2.24, 2.45) is 0 Å². The molecule has 0 amide bonds. The van der Waals surface area contributed by atoms with Gasteiger partial charge in [-0.1, -0.05) is 47.2 Å². The number of nitrogens with one attached hydrogen (secondary N) is 1. The molecular formula is C20H15ClN6OS. The smallest absolute Gasteiger partial charge is 0.235 e. The molecule has 0 aliphatic rings. The number of benzene rings is 2. The number of halogens is 1. The van der Waals surface area contributed by atoms with Crippen molar-refractivity contribution in [3.63, 3.8) is 0 Å². The van der Waals surface area contributed by atoms with Crippen LogP contribution >= 0.6 is 22.9 Å². The highest BCUT2D eigenvalue weighted by Gasteiger charge is 2.17. The van der Waals surface area contributed by atoms with E-state index in [1.54, 1.807) is 4.52 Å². The second-order valence-electron chi connectivity index (χ2n) is 6.26. The molecular weight excluding hydrogens is 408 g/mol. The quantitative estimate of drug-likeness (QED) is 0.432. The molecule has 144 valence electrons. The normalized spacial score (nSPS) is 11.2. The third-order valence-corrected chi connectivity index (χ3v) is 5.54. The summed E-state index contributed by atoms with van der Waals surface area (Å²) in [6, 6.07) is 17.3. The maximum atomic E-state index is 5.97. The van der Waals surface area contributed by atoms with E-state index in [2.05, 4.69) is 20.4 Å². The summed E-state index contributed by atoms with van der Waals surface area (Å²) in [6.45, 7) is 2.58. The molecule has 0 spiro atoms. The van der Waals surface area contributed by atoms with Gasteiger partial charge in [0, 0.05) is 16.1 Å². The fraction of sp³-hybridized carbons (Fsp3) is 0.100. The van der Waals surface area contributed by atoms with Gasteiger partial charge in [-0.2, -0.15) is 14.7 Å². The first-order valence-corrected chi connectivity index (χ1v) is 10.2. The molecule has 0 fully saturated rings. The Morgan fingerprint density at radius 2 is 1.93 bits per heavy atom. The average molecular weight is 423 g/mol. The Morgan fingerprint density at radius 3 is 2.76 bits per heavy atom. The lowest BCUT2D eigenvalue weighted by molar-refractivity contribution is 0.340. The third kappa shape index (κ3) is 3.37. The van der Waals surface area contributed by atoms with Crippen molar-refractivity contribution in [2.45, 2.75) is 6.92 Å². The molecule has 0 bridgehead atoms. The topological polar surface area (TPSA) is 81.0 Å². The number of H-pyrrole nitrogens is 1. The number of aromatic amines is 1. The fourth-order valence-corrected chi connectivity index (χ4v) is 3.95. The molecule has 9 heteroatoms. The molecule has 0 aliphatic heterocycles. The van der Waals surface area contributed by atoms with E-state index in [0.29, 0.717) is 22.4 Å². The van der Waals surface area contributed by atoms with E-state index in [9.17, 15) is 0 Å². The van der Waals surface area contributed by atoms with Gasteiger partial charge in [-0.05, 0) is 37.3 Å². The fourth-order valence-electron chi connectivity index (χ4n) is 2.99. The van der Waals surface area contributed by atoms with Crippen molar-refractivity contribution < 1.29 is 4.74 Å². The number of nitrogens with zero attached hydrogens (tertiary/aromatic N) is 5. The van der Waals surface area contributed by atoms with Crippen molar-refractivity contribution in [2.75, 3.05) is 6.61 Å². The summed E-state index contributed by atoms with van der Waals surface area (Å²) in [4.78, 5) is 0.708. The second kappa shape index (κ2) is 7.31. The largest absolute Gasteiger partial charge is 0.494 e. The Bertz CT molecular complexity index is 1290. The first kappa shape index (κ1) is 17.8. The molecule has 3 aromatic heterocycles. The lowest BCUT2D eigenvalue weighted by Gasteiger charge is -2.03. The van der Waals surface area contributed by atoms with Crippen LogP contribution in [0.15, 0.2) is 54.6 Å². The first-order valence-electron chi connectivity index (χ1n) is 8.98. The molecule has 0 atom stereocenters. The Balaban J connectivity index is 1.51. The van der Waals surface area contributed by atoms with Crippen molar-refractivity contribution in [3.8, 4) is 39.1 Å². The van der Waals surface area contributed by atoms with Gasteiger partial charge in [0.15, 0.2) is 0 Å². The zero-order chi connectivity index (χ0) is 19.8. The Morgan fingerprint density at radius 1 is 1.07 bits per heavy atom. The zero-order valence-corrected chi connectivity index (χ0v) is 16.9.